The predicted octanol–water partition coefficient (Wildman–Crippen LogP) is 4.11. The molecule has 0 amide bonds. The molecule has 0 radical (unpaired) electrons. The second-order valence-electron chi connectivity index (χ2n) is 4.86. The normalized spacial score (nSPS) is 12.0. The minimum atomic E-state index is -0.435. The molecular weight excluding hydrogens is 268 g/mol. The summed E-state index contributed by atoms with van der Waals surface area (Å²) >= 11 is 0. The smallest absolute Gasteiger partial charge is 0.273 e. The maximum atomic E-state index is 10.9. The van der Waals surface area contributed by atoms with Gasteiger partial charge in [0.2, 0.25) is 0 Å². The number of nitro benzene ring substituents is 1. The van der Waals surface area contributed by atoms with Gasteiger partial charge in [-0.3, -0.25) is 10.1 Å². The summed E-state index contributed by atoms with van der Waals surface area (Å²) in [5, 5.41) is 10.9. The summed E-state index contributed by atoms with van der Waals surface area (Å²) in [5.74, 6) is 1.11. The Balaban J connectivity index is 2.38. The predicted molar refractivity (Wildman–Crippen MR) is 81.6 cm³/mol. The fourth-order valence-corrected chi connectivity index (χ4v) is 2.03. The molecule has 0 saturated carbocycles. The van der Waals surface area contributed by atoms with Crippen molar-refractivity contribution in [3.05, 3.63) is 63.7 Å². The molecule has 110 valence electrons. The van der Waals surface area contributed by atoms with E-state index in [9.17, 15) is 10.1 Å². The Morgan fingerprint density at radius 3 is 2.62 bits per heavy atom. The van der Waals surface area contributed by atoms with E-state index in [1.807, 2.05) is 38.1 Å². The van der Waals surface area contributed by atoms with Crippen LogP contribution in [0.1, 0.15) is 30.5 Å². The molecule has 2 aromatic rings. The molecule has 1 atom stereocenters. The van der Waals surface area contributed by atoms with Crippen LogP contribution in [0.2, 0.25) is 0 Å². The highest BCUT2D eigenvalue weighted by Crippen LogP contribution is 2.33. The average Bonchev–Trinajstić information content (AvgIpc) is 2.49. The lowest BCUT2D eigenvalue weighted by atomic mass is 10.0. The van der Waals surface area contributed by atoms with Crippen LogP contribution in [0.5, 0.6) is 11.5 Å². The number of non-ortho nitro benzene ring substituents is 1. The molecule has 0 aliphatic carbocycles. The van der Waals surface area contributed by atoms with Gasteiger partial charge in [0.15, 0.2) is 0 Å². The van der Waals surface area contributed by atoms with E-state index in [0.717, 1.165) is 17.5 Å². The Morgan fingerprint density at radius 1 is 1.24 bits per heavy atom. The maximum Gasteiger partial charge on any atom is 0.273 e. The van der Waals surface area contributed by atoms with Crippen LogP contribution in [0.15, 0.2) is 42.5 Å². The first-order valence-electron chi connectivity index (χ1n) is 6.80. The van der Waals surface area contributed by atoms with Crippen molar-refractivity contribution in [2.75, 3.05) is 0 Å². The Morgan fingerprint density at radius 2 is 1.95 bits per heavy atom. The molecular formula is C16H18N2O3. The maximum absolute atomic E-state index is 10.9. The van der Waals surface area contributed by atoms with Crippen LogP contribution in [0.4, 0.5) is 5.69 Å². The highest BCUT2D eigenvalue weighted by atomic mass is 16.6. The van der Waals surface area contributed by atoms with Crippen LogP contribution < -0.4 is 10.5 Å². The first kappa shape index (κ1) is 15.0. The largest absolute Gasteiger partial charge is 0.456 e. The molecule has 0 aliphatic heterocycles. The molecule has 5 heteroatoms. The molecule has 0 aliphatic rings. The van der Waals surface area contributed by atoms with Crippen molar-refractivity contribution in [3.63, 3.8) is 0 Å². The molecule has 0 bridgehead atoms. The molecule has 0 saturated heterocycles. The van der Waals surface area contributed by atoms with E-state index in [2.05, 4.69) is 0 Å². The van der Waals surface area contributed by atoms with Crippen LogP contribution in [-0.4, -0.2) is 4.92 Å². The molecule has 2 N–H and O–H groups in total. The van der Waals surface area contributed by atoms with Gasteiger partial charge in [0.25, 0.3) is 5.69 Å². The highest BCUT2D eigenvalue weighted by Gasteiger charge is 2.14. The lowest BCUT2D eigenvalue weighted by molar-refractivity contribution is -0.384. The quantitative estimate of drug-likeness (QED) is 0.662. The van der Waals surface area contributed by atoms with Crippen LogP contribution in [0.25, 0.3) is 0 Å². The number of hydrogen-bond donors (Lipinski definition) is 1. The number of nitrogens with zero attached hydrogens (tertiary/aromatic N) is 1. The summed E-state index contributed by atoms with van der Waals surface area (Å²) in [6, 6.07) is 11.9. The Bertz CT molecular complexity index is 656. The van der Waals surface area contributed by atoms with Crippen molar-refractivity contribution in [2.45, 2.75) is 26.3 Å². The molecule has 0 spiro atoms. The number of benzene rings is 2. The summed E-state index contributed by atoms with van der Waals surface area (Å²) in [7, 11) is 0. The third-order valence-electron chi connectivity index (χ3n) is 3.36. The number of para-hydroxylation sites is 1. The van der Waals surface area contributed by atoms with Crippen molar-refractivity contribution in [3.8, 4) is 11.5 Å². The monoisotopic (exact) mass is 286 g/mol. The van der Waals surface area contributed by atoms with Crippen molar-refractivity contribution < 1.29 is 9.66 Å². The lowest BCUT2D eigenvalue weighted by Gasteiger charge is -2.16. The number of aryl methyl sites for hydroxylation is 1. The van der Waals surface area contributed by atoms with Gasteiger partial charge in [-0.25, -0.2) is 0 Å². The SMILES string of the molecule is CC[C@@H](N)c1ccccc1Oc1cc([N+](=O)[O-])ccc1C. The van der Waals surface area contributed by atoms with E-state index in [4.69, 9.17) is 10.5 Å². The highest BCUT2D eigenvalue weighted by molar-refractivity contribution is 5.47. The van der Waals surface area contributed by atoms with Crippen molar-refractivity contribution in [1.29, 1.82) is 0 Å². The van der Waals surface area contributed by atoms with Gasteiger partial charge >= 0.3 is 0 Å². The van der Waals surface area contributed by atoms with Gasteiger partial charge in [0, 0.05) is 17.7 Å². The van der Waals surface area contributed by atoms with Crippen LogP contribution in [0.3, 0.4) is 0 Å². The van der Waals surface area contributed by atoms with Gasteiger partial charge in [0.05, 0.1) is 11.0 Å². The topological polar surface area (TPSA) is 78.4 Å². The summed E-state index contributed by atoms with van der Waals surface area (Å²) in [6.45, 7) is 3.85. The van der Waals surface area contributed by atoms with Gasteiger partial charge in [-0.2, -0.15) is 0 Å². The molecule has 21 heavy (non-hydrogen) atoms. The Hall–Kier alpha value is -2.40. The average molecular weight is 286 g/mol. The van der Waals surface area contributed by atoms with E-state index in [-0.39, 0.29) is 11.7 Å². The summed E-state index contributed by atoms with van der Waals surface area (Å²) in [6.07, 6.45) is 0.786. The van der Waals surface area contributed by atoms with Gasteiger partial charge < -0.3 is 10.5 Å². The van der Waals surface area contributed by atoms with Crippen molar-refractivity contribution in [2.24, 2.45) is 5.73 Å². The molecule has 0 aromatic heterocycles. The van der Waals surface area contributed by atoms with Crippen LogP contribution in [0, 0.1) is 17.0 Å². The second-order valence-corrected chi connectivity index (χ2v) is 4.86. The van der Waals surface area contributed by atoms with Crippen LogP contribution >= 0.6 is 0 Å². The third kappa shape index (κ3) is 3.38. The number of hydrogen-bond acceptors (Lipinski definition) is 4. The molecule has 2 aromatic carbocycles. The molecule has 0 unspecified atom stereocenters. The number of ether oxygens (including phenoxy) is 1. The minimum absolute atomic E-state index is 0.00729. The zero-order valence-electron chi connectivity index (χ0n) is 12.1. The van der Waals surface area contributed by atoms with E-state index in [1.54, 1.807) is 6.07 Å². The van der Waals surface area contributed by atoms with Gasteiger partial charge in [0.1, 0.15) is 11.5 Å². The van der Waals surface area contributed by atoms with E-state index in [1.165, 1.54) is 12.1 Å². The van der Waals surface area contributed by atoms with Gasteiger partial charge in [-0.1, -0.05) is 25.1 Å². The number of nitrogens with two attached hydrogens (primary N) is 1. The standard InChI is InChI=1S/C16H18N2O3/c1-3-14(17)13-6-4-5-7-15(13)21-16-10-12(18(19)20)9-8-11(16)2/h4-10,14H,3,17H2,1-2H3/t14-/m1/s1. The molecule has 0 heterocycles. The van der Waals surface area contributed by atoms with E-state index in [0.29, 0.717) is 11.5 Å². The van der Waals surface area contributed by atoms with Gasteiger partial charge in [-0.15, -0.1) is 0 Å². The van der Waals surface area contributed by atoms with E-state index < -0.39 is 4.92 Å². The fourth-order valence-electron chi connectivity index (χ4n) is 2.03. The summed E-state index contributed by atoms with van der Waals surface area (Å²) < 4.78 is 5.87. The fraction of sp³-hybridized carbons (Fsp3) is 0.250. The van der Waals surface area contributed by atoms with Gasteiger partial charge in [-0.05, 0) is 31.0 Å². The summed E-state index contributed by atoms with van der Waals surface area (Å²) in [4.78, 5) is 10.4. The van der Waals surface area contributed by atoms with Crippen LogP contribution in [-0.2, 0) is 0 Å². The molecule has 2 rings (SSSR count). The Labute approximate surface area is 123 Å². The van der Waals surface area contributed by atoms with E-state index >= 15 is 0 Å². The summed E-state index contributed by atoms with van der Waals surface area (Å²) in [5.41, 5.74) is 7.81. The first-order valence-corrected chi connectivity index (χ1v) is 6.80. The second kappa shape index (κ2) is 6.37. The minimum Gasteiger partial charge on any atom is -0.456 e. The van der Waals surface area contributed by atoms with Crippen molar-refractivity contribution in [1.82, 2.24) is 0 Å². The molecule has 0 fully saturated rings. The Kier molecular flexibility index (Phi) is 4.55. The lowest BCUT2D eigenvalue weighted by Crippen LogP contribution is -2.09. The zero-order chi connectivity index (χ0) is 15.4. The first-order chi connectivity index (χ1) is 10.0. The number of rotatable bonds is 5. The molecule has 5 nitrogen and oxygen atoms in total. The number of nitro groups is 1. The third-order valence-corrected chi connectivity index (χ3v) is 3.36. The zero-order valence-corrected chi connectivity index (χ0v) is 12.1. The van der Waals surface area contributed by atoms with Crippen molar-refractivity contribution >= 4 is 5.69 Å².